The fourth-order valence-electron chi connectivity index (χ4n) is 2.23. The van der Waals surface area contributed by atoms with Gasteiger partial charge in [0, 0.05) is 12.7 Å². The van der Waals surface area contributed by atoms with Crippen LogP contribution in [0.1, 0.15) is 26.2 Å². The predicted octanol–water partition coefficient (Wildman–Crippen LogP) is 2.04. The van der Waals surface area contributed by atoms with Crippen LogP contribution < -0.4 is 9.64 Å². The molecule has 2 heterocycles. The van der Waals surface area contributed by atoms with Gasteiger partial charge in [-0.25, -0.2) is 4.98 Å². The minimum absolute atomic E-state index is 0.0575. The van der Waals surface area contributed by atoms with Crippen LogP contribution in [-0.2, 0) is 4.79 Å². The van der Waals surface area contributed by atoms with Crippen molar-refractivity contribution in [2.45, 2.75) is 32.2 Å². The van der Waals surface area contributed by atoms with Crippen LogP contribution in [0.3, 0.4) is 0 Å². The Bertz CT molecular complexity index is 381. The molecule has 0 aromatic carbocycles. The zero-order valence-electron chi connectivity index (χ0n) is 10.1. The first-order valence-electron chi connectivity index (χ1n) is 6.16. The summed E-state index contributed by atoms with van der Waals surface area (Å²) in [6, 6.07) is 3.70. The highest BCUT2D eigenvalue weighted by molar-refractivity contribution is 5.67. The number of aldehydes is 1. The van der Waals surface area contributed by atoms with Gasteiger partial charge in [-0.15, -0.1) is 0 Å². The van der Waals surface area contributed by atoms with Crippen LogP contribution in [0.4, 0.5) is 5.82 Å². The van der Waals surface area contributed by atoms with Crippen molar-refractivity contribution in [2.24, 2.45) is 0 Å². The molecule has 0 spiro atoms. The second-order valence-electron chi connectivity index (χ2n) is 4.15. The van der Waals surface area contributed by atoms with Crippen LogP contribution in [-0.4, -0.2) is 30.5 Å². The van der Waals surface area contributed by atoms with Crippen LogP contribution in [0.15, 0.2) is 18.3 Å². The van der Waals surface area contributed by atoms with E-state index >= 15 is 0 Å². The number of piperidine rings is 1. The Morgan fingerprint density at radius 3 is 3.24 bits per heavy atom. The molecule has 1 aliphatic heterocycles. The van der Waals surface area contributed by atoms with Gasteiger partial charge in [0.25, 0.3) is 0 Å². The Morgan fingerprint density at radius 2 is 2.47 bits per heavy atom. The third-order valence-electron chi connectivity index (χ3n) is 3.03. The molecule has 0 bridgehead atoms. The monoisotopic (exact) mass is 234 g/mol. The molecule has 1 aliphatic rings. The van der Waals surface area contributed by atoms with Crippen LogP contribution in [0.2, 0.25) is 0 Å². The molecule has 2 rings (SSSR count). The molecular weight excluding hydrogens is 216 g/mol. The Hall–Kier alpha value is -1.58. The maximum atomic E-state index is 11.1. The maximum absolute atomic E-state index is 11.1. The van der Waals surface area contributed by atoms with Crippen LogP contribution in [0, 0.1) is 0 Å². The minimum Gasteiger partial charge on any atom is -0.490 e. The van der Waals surface area contributed by atoms with Crippen molar-refractivity contribution < 1.29 is 9.53 Å². The quantitative estimate of drug-likeness (QED) is 0.748. The second kappa shape index (κ2) is 5.66. The summed E-state index contributed by atoms with van der Waals surface area (Å²) < 4.78 is 5.56. The first-order valence-corrected chi connectivity index (χ1v) is 6.16. The third-order valence-corrected chi connectivity index (χ3v) is 3.03. The summed E-state index contributed by atoms with van der Waals surface area (Å²) in [4.78, 5) is 17.5. The van der Waals surface area contributed by atoms with E-state index in [2.05, 4.69) is 9.88 Å². The van der Waals surface area contributed by atoms with Gasteiger partial charge in [-0.1, -0.05) is 0 Å². The van der Waals surface area contributed by atoms with E-state index in [-0.39, 0.29) is 6.04 Å². The fourth-order valence-corrected chi connectivity index (χ4v) is 2.23. The lowest BCUT2D eigenvalue weighted by Gasteiger charge is -2.34. The first kappa shape index (κ1) is 11.9. The van der Waals surface area contributed by atoms with Crippen molar-refractivity contribution in [3.05, 3.63) is 18.3 Å². The van der Waals surface area contributed by atoms with Gasteiger partial charge in [0.1, 0.15) is 6.29 Å². The number of carbonyl (C=O) groups is 1. The number of hydrogen-bond donors (Lipinski definition) is 0. The van der Waals surface area contributed by atoms with Crippen molar-refractivity contribution in [3.8, 4) is 5.75 Å². The number of carbonyl (C=O) groups excluding carboxylic acids is 1. The number of aromatic nitrogens is 1. The van der Waals surface area contributed by atoms with E-state index in [0.29, 0.717) is 6.61 Å². The number of pyridine rings is 1. The Labute approximate surface area is 102 Å². The first-order chi connectivity index (χ1) is 8.36. The van der Waals surface area contributed by atoms with Gasteiger partial charge < -0.3 is 14.4 Å². The van der Waals surface area contributed by atoms with E-state index < -0.39 is 0 Å². The molecule has 0 radical (unpaired) electrons. The summed E-state index contributed by atoms with van der Waals surface area (Å²) in [7, 11) is 0. The standard InChI is InChI=1S/C13H18N2O2/c1-2-17-12-7-5-8-14-13(12)15-9-4-3-6-11(15)10-16/h5,7-8,10-11H,2-4,6,9H2,1H3. The number of nitrogens with zero attached hydrogens (tertiary/aromatic N) is 2. The molecule has 0 aliphatic carbocycles. The summed E-state index contributed by atoms with van der Waals surface area (Å²) in [5, 5.41) is 0. The van der Waals surface area contributed by atoms with Gasteiger partial charge in [-0.05, 0) is 38.3 Å². The molecule has 1 unspecified atom stereocenters. The molecule has 4 nitrogen and oxygen atoms in total. The molecule has 0 saturated carbocycles. The summed E-state index contributed by atoms with van der Waals surface area (Å²) >= 11 is 0. The van der Waals surface area contributed by atoms with Crippen molar-refractivity contribution >= 4 is 12.1 Å². The van der Waals surface area contributed by atoms with E-state index in [0.717, 1.165) is 43.7 Å². The topological polar surface area (TPSA) is 42.4 Å². The Morgan fingerprint density at radius 1 is 1.59 bits per heavy atom. The molecule has 0 N–H and O–H groups in total. The molecule has 1 atom stereocenters. The highest BCUT2D eigenvalue weighted by Gasteiger charge is 2.25. The van der Waals surface area contributed by atoms with Crippen LogP contribution in [0.5, 0.6) is 5.75 Å². The summed E-state index contributed by atoms with van der Waals surface area (Å²) in [5.41, 5.74) is 0. The predicted molar refractivity (Wildman–Crippen MR) is 66.5 cm³/mol. The number of hydrogen-bond acceptors (Lipinski definition) is 4. The highest BCUT2D eigenvalue weighted by atomic mass is 16.5. The lowest BCUT2D eigenvalue weighted by molar-refractivity contribution is -0.109. The average Bonchev–Trinajstić information content (AvgIpc) is 2.40. The van der Waals surface area contributed by atoms with E-state index in [9.17, 15) is 4.79 Å². The zero-order valence-corrected chi connectivity index (χ0v) is 10.1. The highest BCUT2D eigenvalue weighted by Crippen LogP contribution is 2.30. The average molecular weight is 234 g/mol. The molecular formula is C13H18N2O2. The smallest absolute Gasteiger partial charge is 0.171 e. The molecule has 1 fully saturated rings. The molecule has 1 saturated heterocycles. The number of ether oxygens (including phenoxy) is 1. The van der Waals surface area contributed by atoms with Crippen molar-refractivity contribution in [3.63, 3.8) is 0 Å². The lowest BCUT2D eigenvalue weighted by Crippen LogP contribution is -2.41. The molecule has 92 valence electrons. The van der Waals surface area contributed by atoms with Gasteiger partial charge in [-0.2, -0.15) is 0 Å². The summed E-state index contributed by atoms with van der Waals surface area (Å²) in [5.74, 6) is 1.56. The summed E-state index contributed by atoms with van der Waals surface area (Å²) in [6.45, 7) is 3.43. The van der Waals surface area contributed by atoms with E-state index in [1.165, 1.54) is 0 Å². The zero-order chi connectivity index (χ0) is 12.1. The van der Waals surface area contributed by atoms with Crippen LogP contribution >= 0.6 is 0 Å². The summed E-state index contributed by atoms with van der Waals surface area (Å²) in [6.07, 6.45) is 5.88. The molecule has 1 aromatic heterocycles. The normalized spacial score (nSPS) is 20.1. The van der Waals surface area contributed by atoms with Gasteiger partial charge in [0.2, 0.25) is 0 Å². The van der Waals surface area contributed by atoms with Crippen molar-refractivity contribution in [2.75, 3.05) is 18.1 Å². The molecule has 17 heavy (non-hydrogen) atoms. The van der Waals surface area contributed by atoms with Gasteiger partial charge in [0.05, 0.1) is 12.6 Å². The maximum Gasteiger partial charge on any atom is 0.171 e. The van der Waals surface area contributed by atoms with Crippen molar-refractivity contribution in [1.82, 2.24) is 4.98 Å². The van der Waals surface area contributed by atoms with Gasteiger partial charge in [-0.3, -0.25) is 0 Å². The molecule has 0 amide bonds. The van der Waals surface area contributed by atoms with E-state index in [4.69, 9.17) is 4.74 Å². The van der Waals surface area contributed by atoms with Gasteiger partial charge in [0.15, 0.2) is 11.6 Å². The second-order valence-corrected chi connectivity index (χ2v) is 4.15. The lowest BCUT2D eigenvalue weighted by atomic mass is 10.0. The van der Waals surface area contributed by atoms with E-state index in [1.807, 2.05) is 19.1 Å². The van der Waals surface area contributed by atoms with Crippen LogP contribution in [0.25, 0.3) is 0 Å². The van der Waals surface area contributed by atoms with Crippen molar-refractivity contribution in [1.29, 1.82) is 0 Å². The van der Waals surface area contributed by atoms with Gasteiger partial charge >= 0.3 is 0 Å². The largest absolute Gasteiger partial charge is 0.490 e. The van der Waals surface area contributed by atoms with E-state index in [1.54, 1.807) is 6.20 Å². The fraction of sp³-hybridized carbons (Fsp3) is 0.538. The number of rotatable bonds is 4. The Balaban J connectivity index is 2.27. The Kier molecular flexibility index (Phi) is 3.96. The minimum atomic E-state index is -0.0575. The molecule has 1 aromatic rings. The molecule has 4 heteroatoms. The number of anilines is 1. The third kappa shape index (κ3) is 2.57. The SMILES string of the molecule is CCOc1cccnc1N1CCCCC1C=O.